The Bertz CT molecular complexity index is 1120. The number of anilines is 1. The van der Waals surface area contributed by atoms with E-state index in [2.05, 4.69) is 5.32 Å². The van der Waals surface area contributed by atoms with Crippen LogP contribution < -0.4 is 10.7 Å². The molecule has 0 bridgehead atoms. The predicted octanol–water partition coefficient (Wildman–Crippen LogP) is 3.86. The van der Waals surface area contributed by atoms with E-state index in [0.29, 0.717) is 48.5 Å². The Morgan fingerprint density at radius 3 is 2.27 bits per heavy atom. The van der Waals surface area contributed by atoms with Gasteiger partial charge in [-0.25, -0.2) is 8.42 Å². The van der Waals surface area contributed by atoms with Crippen LogP contribution in [0.4, 0.5) is 5.69 Å². The van der Waals surface area contributed by atoms with Gasteiger partial charge in [-0.3, -0.25) is 9.59 Å². The van der Waals surface area contributed by atoms with Gasteiger partial charge in [0.2, 0.25) is 5.43 Å². The average Bonchev–Trinajstić information content (AvgIpc) is 3.16. The molecular weight excluding hydrogens is 402 g/mol. The normalized spacial score (nSPS) is 13.3. The third-order valence-electron chi connectivity index (χ3n) is 5.60. The van der Waals surface area contributed by atoms with E-state index >= 15 is 0 Å². The minimum absolute atomic E-state index is 0.0776. The quantitative estimate of drug-likeness (QED) is 0.718. The second-order valence-corrected chi connectivity index (χ2v) is 9.80. The minimum atomic E-state index is -3.37. The summed E-state index contributed by atoms with van der Waals surface area (Å²) in [6.45, 7) is 5.79. The largest absolute Gasteiger partial charge is 0.465 e. The van der Waals surface area contributed by atoms with E-state index in [-0.39, 0.29) is 15.9 Å². The molecule has 3 rings (SSSR count). The maximum absolute atomic E-state index is 13.3. The summed E-state index contributed by atoms with van der Waals surface area (Å²) in [6.07, 6.45) is 5.76. The number of sulfone groups is 1. The fraction of sp³-hybridized carbons (Fsp3) is 0.478. The van der Waals surface area contributed by atoms with Gasteiger partial charge in [0.25, 0.3) is 5.91 Å². The molecule has 1 N–H and O–H groups in total. The van der Waals surface area contributed by atoms with Crippen molar-refractivity contribution in [3.63, 3.8) is 0 Å². The molecule has 0 saturated heterocycles. The van der Waals surface area contributed by atoms with Crippen molar-refractivity contribution in [1.29, 1.82) is 0 Å². The van der Waals surface area contributed by atoms with Crippen LogP contribution in [0.25, 0.3) is 0 Å². The lowest BCUT2D eigenvalue weighted by Crippen LogP contribution is -2.27. The average molecular weight is 432 g/mol. The van der Waals surface area contributed by atoms with E-state index in [9.17, 15) is 18.0 Å². The van der Waals surface area contributed by atoms with Gasteiger partial charge in [-0.2, -0.15) is 0 Å². The lowest BCUT2D eigenvalue weighted by atomic mass is 10.0. The van der Waals surface area contributed by atoms with Gasteiger partial charge < -0.3 is 9.73 Å². The maximum atomic E-state index is 13.3. The summed E-state index contributed by atoms with van der Waals surface area (Å²) in [5, 5.41) is 2.91. The SMILES string of the molecule is CCCc1oc2c(c(=O)c1C(=O)Nc1c(CC)cc(S(C)(=O)=O)cc1CC)CCC2. The summed E-state index contributed by atoms with van der Waals surface area (Å²) in [6, 6.07) is 3.20. The summed E-state index contributed by atoms with van der Waals surface area (Å²) < 4.78 is 30.1. The van der Waals surface area contributed by atoms with Crippen LogP contribution in [-0.4, -0.2) is 20.6 Å². The first-order chi connectivity index (χ1) is 14.2. The van der Waals surface area contributed by atoms with Gasteiger partial charge >= 0.3 is 0 Å². The molecule has 0 spiro atoms. The first kappa shape index (κ1) is 22.3. The summed E-state index contributed by atoms with van der Waals surface area (Å²) in [4.78, 5) is 26.6. The van der Waals surface area contributed by atoms with Crippen molar-refractivity contribution in [1.82, 2.24) is 0 Å². The van der Waals surface area contributed by atoms with Gasteiger partial charge in [0.1, 0.15) is 17.1 Å². The number of fused-ring (bicyclic) bond motifs is 1. The molecule has 1 aliphatic carbocycles. The van der Waals surface area contributed by atoms with Gasteiger partial charge in [-0.05, 0) is 55.4 Å². The molecule has 1 aromatic carbocycles. The van der Waals surface area contributed by atoms with E-state index < -0.39 is 15.7 Å². The number of benzene rings is 1. The highest BCUT2D eigenvalue weighted by Gasteiger charge is 2.27. The molecule has 2 aromatic rings. The number of aryl methyl sites for hydroxylation is 4. The standard InChI is InChI=1S/C23H29NO5S/c1-5-9-19-20(22(25)17-10-8-11-18(17)29-19)23(26)24-21-14(6-2)12-16(30(4,27)28)13-15(21)7-3/h12-13H,5-11H2,1-4H3,(H,24,26). The summed E-state index contributed by atoms with van der Waals surface area (Å²) in [7, 11) is -3.37. The van der Waals surface area contributed by atoms with Gasteiger partial charge in [0, 0.05) is 30.3 Å². The van der Waals surface area contributed by atoms with Crippen molar-refractivity contribution in [2.75, 3.05) is 11.6 Å². The topological polar surface area (TPSA) is 93.4 Å². The number of hydrogen-bond acceptors (Lipinski definition) is 5. The van der Waals surface area contributed by atoms with E-state index in [0.717, 1.165) is 30.4 Å². The van der Waals surface area contributed by atoms with Crippen molar-refractivity contribution >= 4 is 21.4 Å². The van der Waals surface area contributed by atoms with Crippen molar-refractivity contribution in [2.45, 2.75) is 70.6 Å². The summed E-state index contributed by atoms with van der Waals surface area (Å²) in [5.41, 5.74) is 2.49. The Morgan fingerprint density at radius 2 is 1.73 bits per heavy atom. The molecule has 1 heterocycles. The maximum Gasteiger partial charge on any atom is 0.263 e. The Balaban J connectivity index is 2.10. The van der Waals surface area contributed by atoms with Crippen LogP contribution in [0.15, 0.2) is 26.2 Å². The molecule has 0 saturated carbocycles. The molecule has 0 fully saturated rings. The Kier molecular flexibility index (Phi) is 6.50. The van der Waals surface area contributed by atoms with Gasteiger partial charge in [-0.15, -0.1) is 0 Å². The third-order valence-corrected chi connectivity index (χ3v) is 6.69. The smallest absolute Gasteiger partial charge is 0.263 e. The second kappa shape index (κ2) is 8.76. The fourth-order valence-corrected chi connectivity index (χ4v) is 4.74. The van der Waals surface area contributed by atoms with Crippen molar-refractivity contribution in [2.24, 2.45) is 0 Å². The first-order valence-electron chi connectivity index (χ1n) is 10.6. The van der Waals surface area contributed by atoms with E-state index in [1.54, 1.807) is 12.1 Å². The summed E-state index contributed by atoms with van der Waals surface area (Å²) >= 11 is 0. The van der Waals surface area contributed by atoms with E-state index in [1.807, 2.05) is 20.8 Å². The third kappa shape index (κ3) is 4.21. The molecule has 1 aromatic heterocycles. The minimum Gasteiger partial charge on any atom is -0.465 e. The predicted molar refractivity (Wildman–Crippen MR) is 117 cm³/mol. The molecule has 7 heteroatoms. The zero-order chi connectivity index (χ0) is 22.1. The second-order valence-electron chi connectivity index (χ2n) is 7.78. The molecule has 0 atom stereocenters. The van der Waals surface area contributed by atoms with E-state index in [4.69, 9.17) is 4.42 Å². The molecule has 1 aliphatic rings. The Morgan fingerprint density at radius 1 is 1.10 bits per heavy atom. The highest BCUT2D eigenvalue weighted by Crippen LogP contribution is 2.29. The molecule has 0 aliphatic heterocycles. The van der Waals surface area contributed by atoms with Crippen molar-refractivity contribution in [3.8, 4) is 0 Å². The summed E-state index contributed by atoms with van der Waals surface area (Å²) in [5.74, 6) is 0.656. The monoisotopic (exact) mass is 431 g/mol. The number of carbonyl (C=O) groups is 1. The molecular formula is C23H29NO5S. The zero-order valence-corrected chi connectivity index (χ0v) is 18.9. The number of amides is 1. The molecule has 0 unspecified atom stereocenters. The van der Waals surface area contributed by atoms with Crippen LogP contribution in [0.2, 0.25) is 0 Å². The van der Waals surface area contributed by atoms with Gasteiger partial charge in [0.05, 0.1) is 4.90 Å². The molecule has 0 radical (unpaired) electrons. The van der Waals surface area contributed by atoms with Gasteiger partial charge in [0.15, 0.2) is 9.84 Å². The number of hydrogen-bond donors (Lipinski definition) is 1. The fourth-order valence-electron chi connectivity index (χ4n) is 4.02. The van der Waals surface area contributed by atoms with Crippen LogP contribution >= 0.6 is 0 Å². The Labute approximate surface area is 177 Å². The number of carbonyl (C=O) groups excluding carboxylic acids is 1. The number of rotatable bonds is 7. The van der Waals surface area contributed by atoms with Crippen LogP contribution in [-0.2, 0) is 41.9 Å². The zero-order valence-electron chi connectivity index (χ0n) is 18.1. The highest BCUT2D eigenvalue weighted by molar-refractivity contribution is 7.90. The molecule has 162 valence electrons. The van der Waals surface area contributed by atoms with Crippen LogP contribution in [0, 0.1) is 0 Å². The molecule has 6 nitrogen and oxygen atoms in total. The molecule has 30 heavy (non-hydrogen) atoms. The van der Waals surface area contributed by atoms with Gasteiger partial charge in [-0.1, -0.05) is 20.8 Å². The number of nitrogens with one attached hydrogen (secondary N) is 1. The van der Waals surface area contributed by atoms with Crippen LogP contribution in [0.3, 0.4) is 0 Å². The lowest BCUT2D eigenvalue weighted by molar-refractivity contribution is 0.102. The van der Waals surface area contributed by atoms with Crippen LogP contribution in [0.5, 0.6) is 0 Å². The first-order valence-corrected chi connectivity index (χ1v) is 12.4. The van der Waals surface area contributed by atoms with Crippen LogP contribution in [0.1, 0.15) is 72.2 Å². The van der Waals surface area contributed by atoms with E-state index in [1.165, 1.54) is 6.26 Å². The van der Waals surface area contributed by atoms with Crippen molar-refractivity contribution in [3.05, 3.63) is 56.1 Å². The lowest BCUT2D eigenvalue weighted by Gasteiger charge is -2.17. The van der Waals surface area contributed by atoms with Crippen molar-refractivity contribution < 1.29 is 17.6 Å². The highest BCUT2D eigenvalue weighted by atomic mass is 32.2. The molecule has 1 amide bonds. The Hall–Kier alpha value is -2.41.